The lowest BCUT2D eigenvalue weighted by molar-refractivity contribution is -0.188. The highest BCUT2D eigenvalue weighted by Gasteiger charge is 2.67. The van der Waals surface area contributed by atoms with E-state index in [1.54, 1.807) is 5.57 Å². The van der Waals surface area contributed by atoms with Crippen LogP contribution in [-0.4, -0.2) is 22.9 Å². The van der Waals surface area contributed by atoms with Crippen LogP contribution >= 0.6 is 0 Å². The van der Waals surface area contributed by atoms with Crippen molar-refractivity contribution in [3.8, 4) is 0 Å². The van der Waals surface area contributed by atoms with Gasteiger partial charge in [-0.2, -0.15) is 0 Å². The van der Waals surface area contributed by atoms with Crippen molar-refractivity contribution in [1.29, 1.82) is 0 Å². The van der Waals surface area contributed by atoms with E-state index in [1.165, 1.54) is 44.9 Å². The summed E-state index contributed by atoms with van der Waals surface area (Å²) in [6, 6.07) is 0. The van der Waals surface area contributed by atoms with E-state index in [9.17, 15) is 10.2 Å². The first-order valence-electron chi connectivity index (χ1n) is 13.9. The molecule has 10 atom stereocenters. The zero-order valence-electron chi connectivity index (χ0n) is 22.0. The minimum absolute atomic E-state index is 0.0232. The third-order valence-corrected chi connectivity index (χ3v) is 13.1. The molecule has 0 saturated heterocycles. The zero-order chi connectivity index (χ0) is 23.3. The van der Waals surface area contributed by atoms with E-state index in [4.69, 9.17) is 0 Å². The number of hydrogen-bond acceptors (Lipinski definition) is 2. The SMILES string of the molecule is C[C@H]1[C@H](C)CC[C@]2(CO)CC=C3[C@]4(C)CC[C@H]5C(C)(C)[C@H](O)CC[C@]5(C)[C@H]4CC[C@@]3(C)[C@H]12. The van der Waals surface area contributed by atoms with Crippen molar-refractivity contribution in [2.45, 2.75) is 112 Å². The molecule has 0 radical (unpaired) electrons. The summed E-state index contributed by atoms with van der Waals surface area (Å²) >= 11 is 0. The molecule has 0 spiro atoms. The van der Waals surface area contributed by atoms with Crippen molar-refractivity contribution in [2.75, 3.05) is 6.61 Å². The second kappa shape index (κ2) is 7.09. The van der Waals surface area contributed by atoms with E-state index in [0.717, 1.165) is 24.7 Å². The zero-order valence-corrected chi connectivity index (χ0v) is 22.0. The van der Waals surface area contributed by atoms with E-state index in [-0.39, 0.29) is 27.8 Å². The van der Waals surface area contributed by atoms with Crippen molar-refractivity contribution in [2.24, 2.45) is 56.7 Å². The van der Waals surface area contributed by atoms with Crippen molar-refractivity contribution in [1.82, 2.24) is 0 Å². The second-order valence-electron chi connectivity index (χ2n) is 14.6. The highest BCUT2D eigenvalue weighted by atomic mass is 16.3. The second-order valence-corrected chi connectivity index (χ2v) is 14.6. The fraction of sp³-hybridized carbons (Fsp3) is 0.933. The van der Waals surface area contributed by atoms with Gasteiger partial charge in [0, 0.05) is 12.0 Å². The molecule has 0 heterocycles. The van der Waals surface area contributed by atoms with Crippen molar-refractivity contribution < 1.29 is 10.2 Å². The van der Waals surface area contributed by atoms with E-state index in [1.807, 2.05) is 0 Å². The average molecular weight is 443 g/mol. The van der Waals surface area contributed by atoms with E-state index in [2.05, 4.69) is 54.5 Å². The Kier molecular flexibility index (Phi) is 5.19. The maximum Gasteiger partial charge on any atom is 0.0594 e. The quantitative estimate of drug-likeness (QED) is 0.429. The lowest BCUT2D eigenvalue weighted by Gasteiger charge is -2.70. The van der Waals surface area contributed by atoms with Crippen LogP contribution in [0.5, 0.6) is 0 Å². The molecule has 182 valence electrons. The van der Waals surface area contributed by atoms with Gasteiger partial charge in [0.2, 0.25) is 0 Å². The molecule has 4 fully saturated rings. The number of fused-ring (bicyclic) bond motifs is 7. The molecule has 0 amide bonds. The largest absolute Gasteiger partial charge is 0.396 e. The minimum atomic E-state index is -0.151. The molecule has 2 nitrogen and oxygen atoms in total. The van der Waals surface area contributed by atoms with Gasteiger partial charge in [-0.05, 0) is 109 Å². The third kappa shape index (κ3) is 2.72. The van der Waals surface area contributed by atoms with Crippen LogP contribution in [0.4, 0.5) is 0 Å². The molecule has 0 unspecified atom stereocenters. The molecule has 32 heavy (non-hydrogen) atoms. The summed E-state index contributed by atoms with van der Waals surface area (Å²) in [6.07, 6.45) is 13.4. The van der Waals surface area contributed by atoms with Gasteiger partial charge in [-0.15, -0.1) is 0 Å². The molecule has 2 N–H and O–H groups in total. The van der Waals surface area contributed by atoms with Gasteiger partial charge in [-0.25, -0.2) is 0 Å². The standard InChI is InChI=1S/C30H50O2/c1-19-8-16-30(18-31)17-11-23-28(6)13-9-21-26(3,4)24(32)12-15-27(21,5)22(28)10-14-29(23,7)25(30)20(19)2/h11,19-22,24-25,31-32H,8-10,12-18H2,1-7H3/t19-,20+,21+,22-,24-,25+,27+,28-,29-,30-/m1/s1. The van der Waals surface area contributed by atoms with Gasteiger partial charge in [0.25, 0.3) is 0 Å². The summed E-state index contributed by atoms with van der Waals surface area (Å²) in [4.78, 5) is 0. The molecule has 5 aliphatic carbocycles. The van der Waals surface area contributed by atoms with Crippen LogP contribution in [-0.2, 0) is 0 Å². The van der Waals surface area contributed by atoms with Crippen LogP contribution < -0.4 is 0 Å². The predicted molar refractivity (Wildman–Crippen MR) is 132 cm³/mol. The van der Waals surface area contributed by atoms with Crippen LogP contribution in [0.25, 0.3) is 0 Å². The molecule has 0 aromatic carbocycles. The fourth-order valence-corrected chi connectivity index (χ4v) is 11.4. The maximum atomic E-state index is 10.9. The molecule has 4 saturated carbocycles. The summed E-state index contributed by atoms with van der Waals surface area (Å²) < 4.78 is 0. The first kappa shape index (κ1) is 23.4. The summed E-state index contributed by atoms with van der Waals surface area (Å²) in [7, 11) is 0. The Balaban J connectivity index is 1.58. The van der Waals surface area contributed by atoms with Gasteiger partial charge in [0.15, 0.2) is 0 Å². The Bertz CT molecular complexity index is 799. The first-order chi connectivity index (χ1) is 14.9. The molecule has 0 aromatic rings. The predicted octanol–water partition coefficient (Wildman–Crippen LogP) is 7.00. The van der Waals surface area contributed by atoms with Crippen LogP contribution in [0, 0.1) is 56.7 Å². The van der Waals surface area contributed by atoms with Crippen molar-refractivity contribution >= 4 is 0 Å². The number of allylic oxidation sites excluding steroid dienone is 2. The number of hydrogen-bond donors (Lipinski definition) is 2. The molecular weight excluding hydrogens is 392 g/mol. The Morgan fingerprint density at radius 2 is 1.50 bits per heavy atom. The maximum absolute atomic E-state index is 10.9. The molecule has 0 aromatic heterocycles. The van der Waals surface area contributed by atoms with Gasteiger partial charge < -0.3 is 10.2 Å². The average Bonchev–Trinajstić information content (AvgIpc) is 2.73. The van der Waals surface area contributed by atoms with Gasteiger partial charge >= 0.3 is 0 Å². The molecular formula is C30H50O2. The number of aliphatic hydroxyl groups is 2. The van der Waals surface area contributed by atoms with Crippen LogP contribution in [0.15, 0.2) is 11.6 Å². The lowest BCUT2D eigenvalue weighted by Crippen LogP contribution is -2.64. The Morgan fingerprint density at radius 1 is 0.844 bits per heavy atom. The first-order valence-corrected chi connectivity index (χ1v) is 13.9. The van der Waals surface area contributed by atoms with E-state index in [0.29, 0.717) is 29.8 Å². The molecule has 5 aliphatic rings. The summed E-state index contributed by atoms with van der Waals surface area (Å²) in [5.74, 6) is 3.39. The monoisotopic (exact) mass is 442 g/mol. The number of aliphatic hydroxyl groups excluding tert-OH is 2. The molecule has 0 bridgehead atoms. The fourth-order valence-electron chi connectivity index (χ4n) is 11.4. The van der Waals surface area contributed by atoms with Gasteiger partial charge in [0.05, 0.1) is 6.10 Å². The molecule has 5 rings (SSSR count). The third-order valence-electron chi connectivity index (χ3n) is 13.1. The van der Waals surface area contributed by atoms with Crippen molar-refractivity contribution in [3.05, 3.63) is 11.6 Å². The topological polar surface area (TPSA) is 40.5 Å². The number of rotatable bonds is 1. The summed E-state index contributed by atoms with van der Waals surface area (Å²) in [5, 5.41) is 21.6. The van der Waals surface area contributed by atoms with Gasteiger partial charge in [-0.1, -0.05) is 60.1 Å². The van der Waals surface area contributed by atoms with Gasteiger partial charge in [-0.3, -0.25) is 0 Å². The van der Waals surface area contributed by atoms with E-state index < -0.39 is 0 Å². The Labute approximate surface area is 197 Å². The highest BCUT2D eigenvalue weighted by Crippen LogP contribution is 2.74. The molecule has 0 aliphatic heterocycles. The lowest BCUT2D eigenvalue weighted by atomic mass is 9.34. The van der Waals surface area contributed by atoms with E-state index >= 15 is 0 Å². The van der Waals surface area contributed by atoms with Crippen LogP contribution in [0.3, 0.4) is 0 Å². The Hall–Kier alpha value is -0.340. The van der Waals surface area contributed by atoms with Gasteiger partial charge in [0.1, 0.15) is 0 Å². The summed E-state index contributed by atoms with van der Waals surface area (Å²) in [6.45, 7) is 17.8. The smallest absolute Gasteiger partial charge is 0.0594 e. The Morgan fingerprint density at radius 3 is 2.19 bits per heavy atom. The molecule has 2 heteroatoms. The van der Waals surface area contributed by atoms with Crippen LogP contribution in [0.1, 0.15) is 106 Å². The highest BCUT2D eigenvalue weighted by molar-refractivity contribution is 5.35. The minimum Gasteiger partial charge on any atom is -0.396 e. The van der Waals surface area contributed by atoms with Crippen LogP contribution in [0.2, 0.25) is 0 Å². The summed E-state index contributed by atoms with van der Waals surface area (Å²) in [5.41, 5.74) is 2.74. The van der Waals surface area contributed by atoms with Crippen molar-refractivity contribution in [3.63, 3.8) is 0 Å². The normalized spacial score (nSPS) is 56.8.